The number of carbonyl (C=O) groups excluding carboxylic acids is 1. The lowest BCUT2D eigenvalue weighted by atomic mass is 10.1. The number of carbonyl (C=O) groups is 2. The number of aliphatic carboxylic acids is 1. The van der Waals surface area contributed by atoms with Gasteiger partial charge in [0.25, 0.3) is 0 Å². The summed E-state index contributed by atoms with van der Waals surface area (Å²) in [6.45, 7) is 0. The molecule has 2 aromatic carbocycles. The first-order valence-corrected chi connectivity index (χ1v) is 7.71. The number of carboxylic acids is 1. The highest BCUT2D eigenvalue weighted by Crippen LogP contribution is 2.14. The summed E-state index contributed by atoms with van der Waals surface area (Å²) in [5, 5.41) is 8.78. The third-order valence-electron chi connectivity index (χ3n) is 3.52. The highest BCUT2D eigenvalue weighted by Gasteiger charge is 2.18. The van der Waals surface area contributed by atoms with E-state index in [9.17, 15) is 9.59 Å². The van der Waals surface area contributed by atoms with Gasteiger partial charge >= 0.3 is 11.9 Å². The minimum absolute atomic E-state index is 0.192. The lowest BCUT2D eigenvalue weighted by molar-refractivity contribution is -0.215. The predicted octanol–water partition coefficient (Wildman–Crippen LogP) is 1.05. The highest BCUT2D eigenvalue weighted by atomic mass is 17.2. The van der Waals surface area contributed by atoms with Crippen molar-refractivity contribution in [3.8, 4) is 5.75 Å². The summed E-state index contributed by atoms with van der Waals surface area (Å²) in [5.41, 5.74) is 12.9. The van der Waals surface area contributed by atoms with Crippen LogP contribution in [0.5, 0.6) is 5.75 Å². The highest BCUT2D eigenvalue weighted by molar-refractivity contribution is 5.75. The molecule has 0 aromatic heterocycles. The maximum absolute atomic E-state index is 11.9. The van der Waals surface area contributed by atoms with Crippen LogP contribution in [0.2, 0.25) is 0 Å². The molecule has 0 fully saturated rings. The van der Waals surface area contributed by atoms with Crippen molar-refractivity contribution in [3.63, 3.8) is 0 Å². The minimum Gasteiger partial charge on any atom is -0.480 e. The summed E-state index contributed by atoms with van der Waals surface area (Å²) < 4.78 is 0. The van der Waals surface area contributed by atoms with E-state index in [1.165, 1.54) is 0 Å². The lowest BCUT2D eigenvalue weighted by Crippen LogP contribution is -2.35. The zero-order valence-corrected chi connectivity index (χ0v) is 13.5. The van der Waals surface area contributed by atoms with Crippen molar-refractivity contribution in [2.75, 3.05) is 0 Å². The Morgan fingerprint density at radius 2 is 1.44 bits per heavy atom. The van der Waals surface area contributed by atoms with E-state index < -0.39 is 24.0 Å². The molecule has 7 nitrogen and oxygen atoms in total. The average molecular weight is 344 g/mol. The molecule has 2 rings (SSSR count). The molecule has 0 aliphatic heterocycles. The van der Waals surface area contributed by atoms with Crippen LogP contribution in [-0.4, -0.2) is 29.1 Å². The SMILES string of the molecule is N[C@@H](Cc1ccc(OOC(=O)[C@@H](N)Cc2ccccc2)cc1)C(=O)O. The quantitative estimate of drug-likeness (QED) is 0.483. The van der Waals surface area contributed by atoms with Gasteiger partial charge in [-0.3, -0.25) is 9.68 Å². The molecule has 7 heteroatoms. The summed E-state index contributed by atoms with van der Waals surface area (Å²) >= 11 is 0. The Hall–Kier alpha value is -2.90. The normalized spacial score (nSPS) is 12.9. The van der Waals surface area contributed by atoms with E-state index in [2.05, 4.69) is 0 Å². The topological polar surface area (TPSA) is 125 Å². The van der Waals surface area contributed by atoms with Crippen LogP contribution >= 0.6 is 0 Å². The van der Waals surface area contributed by atoms with E-state index >= 15 is 0 Å². The standard InChI is InChI=1S/C18H20N2O5/c19-15(17(21)22)10-13-6-8-14(9-7-13)24-25-18(23)16(20)11-12-4-2-1-3-5-12/h1-9,15-16H,10-11,19-20H2,(H,21,22)/t15-,16-/m0/s1. The second-order valence-electron chi connectivity index (χ2n) is 5.57. The summed E-state index contributed by atoms with van der Waals surface area (Å²) in [4.78, 5) is 32.3. The van der Waals surface area contributed by atoms with Crippen LogP contribution < -0.4 is 16.4 Å². The second-order valence-corrected chi connectivity index (χ2v) is 5.57. The molecule has 0 saturated carbocycles. The van der Waals surface area contributed by atoms with Crippen LogP contribution in [0.25, 0.3) is 0 Å². The van der Waals surface area contributed by atoms with E-state index in [0.717, 1.165) is 11.1 Å². The number of hydrogen-bond acceptors (Lipinski definition) is 6. The fourth-order valence-electron chi connectivity index (χ4n) is 2.12. The fraction of sp³-hybridized carbons (Fsp3) is 0.222. The number of nitrogens with two attached hydrogens (primary N) is 2. The summed E-state index contributed by atoms with van der Waals surface area (Å²) in [7, 11) is 0. The summed E-state index contributed by atoms with van der Waals surface area (Å²) in [6, 6.07) is 13.9. The molecule has 0 spiro atoms. The van der Waals surface area contributed by atoms with Crippen LogP contribution in [0.4, 0.5) is 0 Å². The maximum atomic E-state index is 11.9. The smallest absolute Gasteiger partial charge is 0.372 e. The van der Waals surface area contributed by atoms with Gasteiger partial charge in [0.15, 0.2) is 5.75 Å². The van der Waals surface area contributed by atoms with Gasteiger partial charge in [0, 0.05) is 0 Å². The Balaban J connectivity index is 1.82. The second kappa shape index (κ2) is 8.81. The Kier molecular flexibility index (Phi) is 6.50. The van der Waals surface area contributed by atoms with Crippen LogP contribution in [0.3, 0.4) is 0 Å². The molecule has 25 heavy (non-hydrogen) atoms. The summed E-state index contributed by atoms with van der Waals surface area (Å²) in [5.74, 6) is -1.45. The first kappa shape index (κ1) is 18.4. The van der Waals surface area contributed by atoms with Crippen molar-refractivity contribution in [1.82, 2.24) is 0 Å². The molecule has 5 N–H and O–H groups in total. The van der Waals surface area contributed by atoms with Gasteiger partial charge in [-0.05, 0) is 36.1 Å². The molecule has 0 unspecified atom stereocenters. The number of benzene rings is 2. The van der Waals surface area contributed by atoms with Crippen LogP contribution in [0, 0.1) is 0 Å². The first-order chi connectivity index (χ1) is 12.0. The largest absolute Gasteiger partial charge is 0.480 e. The monoisotopic (exact) mass is 344 g/mol. The first-order valence-electron chi connectivity index (χ1n) is 7.71. The molecule has 0 amide bonds. The average Bonchev–Trinajstić information content (AvgIpc) is 2.61. The van der Waals surface area contributed by atoms with E-state index in [1.807, 2.05) is 30.3 Å². The Morgan fingerprint density at radius 3 is 2.04 bits per heavy atom. The van der Waals surface area contributed by atoms with Crippen molar-refractivity contribution in [1.29, 1.82) is 0 Å². The van der Waals surface area contributed by atoms with Crippen molar-refractivity contribution in [2.45, 2.75) is 24.9 Å². The van der Waals surface area contributed by atoms with Crippen LogP contribution in [-0.2, 0) is 27.3 Å². The van der Waals surface area contributed by atoms with Gasteiger partial charge in [-0.1, -0.05) is 42.5 Å². The van der Waals surface area contributed by atoms with Gasteiger partial charge in [0.1, 0.15) is 12.1 Å². The van der Waals surface area contributed by atoms with Crippen LogP contribution in [0.15, 0.2) is 54.6 Å². The lowest BCUT2D eigenvalue weighted by Gasteiger charge is -2.11. The Bertz CT molecular complexity index is 703. The molecule has 2 aromatic rings. The van der Waals surface area contributed by atoms with E-state index in [0.29, 0.717) is 12.2 Å². The third-order valence-corrected chi connectivity index (χ3v) is 3.52. The van der Waals surface area contributed by atoms with Gasteiger partial charge < -0.3 is 16.6 Å². The molecule has 2 atom stereocenters. The molecule has 0 bridgehead atoms. The maximum Gasteiger partial charge on any atom is 0.372 e. The molecule has 0 radical (unpaired) electrons. The third kappa shape index (κ3) is 5.91. The van der Waals surface area contributed by atoms with E-state index in [4.69, 9.17) is 26.3 Å². The molecule has 0 saturated heterocycles. The molecule has 0 aliphatic rings. The Morgan fingerprint density at radius 1 is 0.880 bits per heavy atom. The minimum atomic E-state index is -1.07. The van der Waals surface area contributed by atoms with Gasteiger partial charge in [-0.25, -0.2) is 9.68 Å². The predicted molar refractivity (Wildman–Crippen MR) is 90.6 cm³/mol. The van der Waals surface area contributed by atoms with Crippen molar-refractivity contribution in [3.05, 3.63) is 65.7 Å². The molecule has 132 valence electrons. The van der Waals surface area contributed by atoms with Crippen molar-refractivity contribution in [2.24, 2.45) is 11.5 Å². The molecule has 0 aliphatic carbocycles. The number of rotatable bonds is 8. The van der Waals surface area contributed by atoms with Gasteiger partial charge in [-0.15, -0.1) is 0 Å². The summed E-state index contributed by atoms with van der Waals surface area (Å²) in [6.07, 6.45) is 0.534. The van der Waals surface area contributed by atoms with Crippen LogP contribution in [0.1, 0.15) is 11.1 Å². The Labute approximate surface area is 145 Å². The van der Waals surface area contributed by atoms with Crippen molar-refractivity contribution < 1.29 is 24.5 Å². The van der Waals surface area contributed by atoms with Crippen molar-refractivity contribution >= 4 is 11.9 Å². The van der Waals surface area contributed by atoms with Gasteiger partial charge in [0.05, 0.1) is 0 Å². The van der Waals surface area contributed by atoms with Gasteiger partial charge in [0.2, 0.25) is 0 Å². The van der Waals surface area contributed by atoms with E-state index in [1.54, 1.807) is 24.3 Å². The van der Waals surface area contributed by atoms with E-state index in [-0.39, 0.29) is 6.42 Å². The van der Waals surface area contributed by atoms with Gasteiger partial charge in [-0.2, -0.15) is 0 Å². The molecule has 0 heterocycles. The number of hydrogen-bond donors (Lipinski definition) is 3. The fourth-order valence-corrected chi connectivity index (χ4v) is 2.12. The zero-order chi connectivity index (χ0) is 18.2. The zero-order valence-electron chi connectivity index (χ0n) is 13.5. The number of carboxylic acid groups (broad SMARTS) is 1. The molecular weight excluding hydrogens is 324 g/mol. The molecular formula is C18H20N2O5.